The Bertz CT molecular complexity index is 534. The minimum Gasteiger partial charge on any atom is -0.466 e. The number of esters is 1. The van der Waals surface area contributed by atoms with E-state index in [1.54, 1.807) is 6.20 Å². The number of rotatable bonds is 4. The van der Waals surface area contributed by atoms with Gasteiger partial charge in [0, 0.05) is 12.4 Å². The van der Waals surface area contributed by atoms with Crippen LogP contribution in [-0.2, 0) is 9.53 Å². The number of carbonyl (C=O) groups excluding carboxylic acids is 1. The van der Waals surface area contributed by atoms with Gasteiger partial charge in [-0.2, -0.15) is 0 Å². The van der Waals surface area contributed by atoms with E-state index in [4.69, 9.17) is 4.74 Å². The first-order valence-corrected chi connectivity index (χ1v) is 6.39. The molecular formula is C16H17NO2. The van der Waals surface area contributed by atoms with Crippen molar-refractivity contribution in [3.8, 4) is 11.1 Å². The first-order chi connectivity index (χ1) is 9.22. The van der Waals surface area contributed by atoms with E-state index in [9.17, 15) is 4.79 Å². The third kappa shape index (κ3) is 3.19. The number of benzene rings is 1. The lowest BCUT2D eigenvalue weighted by Crippen LogP contribution is -2.12. The maximum absolute atomic E-state index is 11.7. The molecule has 0 saturated heterocycles. The van der Waals surface area contributed by atoms with Crippen molar-refractivity contribution in [2.75, 3.05) is 6.61 Å². The smallest absolute Gasteiger partial charge is 0.313 e. The van der Waals surface area contributed by atoms with Gasteiger partial charge in [0.2, 0.25) is 0 Å². The van der Waals surface area contributed by atoms with Gasteiger partial charge >= 0.3 is 5.97 Å². The highest BCUT2D eigenvalue weighted by Crippen LogP contribution is 2.22. The molecule has 1 aromatic carbocycles. The SMILES string of the molecule is CCOC(=O)C(C)c1ccc(-c2cccnc2)cc1. The van der Waals surface area contributed by atoms with Gasteiger partial charge < -0.3 is 4.74 Å². The average molecular weight is 255 g/mol. The fourth-order valence-electron chi connectivity index (χ4n) is 1.90. The van der Waals surface area contributed by atoms with Gasteiger partial charge in [-0.05, 0) is 36.6 Å². The molecule has 0 bridgehead atoms. The quantitative estimate of drug-likeness (QED) is 0.786. The highest BCUT2D eigenvalue weighted by Gasteiger charge is 2.15. The van der Waals surface area contributed by atoms with E-state index >= 15 is 0 Å². The van der Waals surface area contributed by atoms with Crippen molar-refractivity contribution < 1.29 is 9.53 Å². The van der Waals surface area contributed by atoms with E-state index in [0.717, 1.165) is 16.7 Å². The number of aromatic nitrogens is 1. The van der Waals surface area contributed by atoms with Crippen LogP contribution in [0.25, 0.3) is 11.1 Å². The van der Waals surface area contributed by atoms with Crippen LogP contribution in [0.2, 0.25) is 0 Å². The molecule has 98 valence electrons. The van der Waals surface area contributed by atoms with E-state index in [-0.39, 0.29) is 11.9 Å². The Morgan fingerprint density at radius 3 is 2.53 bits per heavy atom. The molecule has 2 aromatic rings. The molecule has 0 aliphatic heterocycles. The third-order valence-corrected chi connectivity index (χ3v) is 3.05. The van der Waals surface area contributed by atoms with Gasteiger partial charge in [-0.15, -0.1) is 0 Å². The summed E-state index contributed by atoms with van der Waals surface area (Å²) in [6, 6.07) is 11.8. The maximum atomic E-state index is 11.7. The van der Waals surface area contributed by atoms with Gasteiger partial charge in [-0.1, -0.05) is 30.3 Å². The molecule has 0 amide bonds. The van der Waals surface area contributed by atoms with Crippen LogP contribution in [0, 0.1) is 0 Å². The summed E-state index contributed by atoms with van der Waals surface area (Å²) in [6.07, 6.45) is 3.57. The predicted octanol–water partition coefficient (Wildman–Crippen LogP) is 3.42. The Morgan fingerprint density at radius 1 is 1.21 bits per heavy atom. The molecule has 1 aromatic heterocycles. The molecule has 0 fully saturated rings. The van der Waals surface area contributed by atoms with Crippen molar-refractivity contribution in [2.45, 2.75) is 19.8 Å². The third-order valence-electron chi connectivity index (χ3n) is 3.05. The average Bonchev–Trinajstić information content (AvgIpc) is 2.48. The van der Waals surface area contributed by atoms with Crippen LogP contribution < -0.4 is 0 Å². The molecular weight excluding hydrogens is 238 g/mol. The second kappa shape index (κ2) is 6.14. The van der Waals surface area contributed by atoms with E-state index in [2.05, 4.69) is 4.98 Å². The Hall–Kier alpha value is -2.16. The molecule has 0 aliphatic carbocycles. The number of ether oxygens (including phenoxy) is 1. The largest absolute Gasteiger partial charge is 0.466 e. The van der Waals surface area contributed by atoms with E-state index in [1.807, 2.05) is 56.4 Å². The molecule has 1 heterocycles. The van der Waals surface area contributed by atoms with Crippen molar-refractivity contribution in [1.29, 1.82) is 0 Å². The maximum Gasteiger partial charge on any atom is 0.313 e. The highest BCUT2D eigenvalue weighted by atomic mass is 16.5. The Labute approximate surface area is 113 Å². The van der Waals surface area contributed by atoms with E-state index in [0.29, 0.717) is 6.61 Å². The van der Waals surface area contributed by atoms with Gasteiger partial charge in [0.1, 0.15) is 0 Å². The zero-order valence-corrected chi connectivity index (χ0v) is 11.2. The van der Waals surface area contributed by atoms with Crippen molar-refractivity contribution in [3.63, 3.8) is 0 Å². The summed E-state index contributed by atoms with van der Waals surface area (Å²) < 4.78 is 5.02. The predicted molar refractivity (Wildman–Crippen MR) is 74.7 cm³/mol. The Balaban J connectivity index is 2.17. The number of pyridine rings is 1. The zero-order chi connectivity index (χ0) is 13.7. The molecule has 19 heavy (non-hydrogen) atoms. The summed E-state index contributed by atoms with van der Waals surface area (Å²) in [4.78, 5) is 15.8. The van der Waals surface area contributed by atoms with E-state index < -0.39 is 0 Å². The van der Waals surface area contributed by atoms with Crippen LogP contribution in [0.5, 0.6) is 0 Å². The fraction of sp³-hybridized carbons (Fsp3) is 0.250. The van der Waals surface area contributed by atoms with Crippen molar-refractivity contribution in [3.05, 3.63) is 54.4 Å². The minimum atomic E-state index is -0.233. The van der Waals surface area contributed by atoms with Crippen LogP contribution in [0.3, 0.4) is 0 Å². The van der Waals surface area contributed by atoms with Crippen LogP contribution >= 0.6 is 0 Å². The second-order valence-electron chi connectivity index (χ2n) is 4.34. The van der Waals surface area contributed by atoms with Gasteiger partial charge in [0.15, 0.2) is 0 Å². The van der Waals surface area contributed by atoms with Crippen molar-refractivity contribution in [2.24, 2.45) is 0 Å². The molecule has 3 heteroatoms. The molecule has 0 saturated carbocycles. The summed E-state index contributed by atoms with van der Waals surface area (Å²) in [7, 11) is 0. The number of hydrogen-bond donors (Lipinski definition) is 0. The van der Waals surface area contributed by atoms with Crippen LogP contribution in [0.15, 0.2) is 48.8 Å². The molecule has 0 spiro atoms. The minimum absolute atomic E-state index is 0.184. The van der Waals surface area contributed by atoms with Crippen molar-refractivity contribution >= 4 is 5.97 Å². The standard InChI is InChI=1S/C16H17NO2/c1-3-19-16(18)12(2)13-6-8-14(9-7-13)15-5-4-10-17-11-15/h4-12H,3H2,1-2H3. The van der Waals surface area contributed by atoms with Gasteiger partial charge in [-0.3, -0.25) is 9.78 Å². The number of hydrogen-bond acceptors (Lipinski definition) is 3. The monoisotopic (exact) mass is 255 g/mol. The molecule has 2 rings (SSSR count). The van der Waals surface area contributed by atoms with Crippen molar-refractivity contribution in [1.82, 2.24) is 4.98 Å². The fourth-order valence-corrected chi connectivity index (χ4v) is 1.90. The Kier molecular flexibility index (Phi) is 4.29. The molecule has 0 aliphatic rings. The number of nitrogens with zero attached hydrogens (tertiary/aromatic N) is 1. The summed E-state index contributed by atoms with van der Waals surface area (Å²) in [5.74, 6) is -0.417. The van der Waals surface area contributed by atoms with E-state index in [1.165, 1.54) is 0 Å². The normalized spacial score (nSPS) is 11.9. The highest BCUT2D eigenvalue weighted by molar-refractivity contribution is 5.78. The summed E-state index contributed by atoms with van der Waals surface area (Å²) >= 11 is 0. The molecule has 1 atom stereocenters. The Morgan fingerprint density at radius 2 is 1.95 bits per heavy atom. The molecule has 3 nitrogen and oxygen atoms in total. The van der Waals surface area contributed by atoms with Crippen LogP contribution in [0.4, 0.5) is 0 Å². The van der Waals surface area contributed by atoms with Crippen LogP contribution in [-0.4, -0.2) is 17.6 Å². The van der Waals surface area contributed by atoms with Crippen LogP contribution in [0.1, 0.15) is 25.3 Å². The topological polar surface area (TPSA) is 39.2 Å². The van der Waals surface area contributed by atoms with Gasteiger partial charge in [0.05, 0.1) is 12.5 Å². The lowest BCUT2D eigenvalue weighted by molar-refractivity contribution is -0.144. The first kappa shape index (κ1) is 13.3. The lowest BCUT2D eigenvalue weighted by atomic mass is 9.98. The second-order valence-corrected chi connectivity index (χ2v) is 4.34. The molecule has 0 radical (unpaired) electrons. The molecule has 1 unspecified atom stereocenters. The van der Waals surface area contributed by atoms with Gasteiger partial charge in [0.25, 0.3) is 0 Å². The number of carbonyl (C=O) groups is 1. The summed E-state index contributed by atoms with van der Waals surface area (Å²) in [5, 5.41) is 0. The summed E-state index contributed by atoms with van der Waals surface area (Å²) in [6.45, 7) is 4.09. The summed E-state index contributed by atoms with van der Waals surface area (Å²) in [5.41, 5.74) is 3.12. The lowest BCUT2D eigenvalue weighted by Gasteiger charge is -2.11. The molecule has 0 N–H and O–H groups in total. The zero-order valence-electron chi connectivity index (χ0n) is 11.2. The first-order valence-electron chi connectivity index (χ1n) is 6.39. The van der Waals surface area contributed by atoms with Gasteiger partial charge in [-0.25, -0.2) is 0 Å².